The lowest BCUT2D eigenvalue weighted by Crippen LogP contribution is -2.51. The molecule has 1 saturated heterocycles. The fraction of sp³-hybridized carbons (Fsp3) is 0.591. The largest absolute Gasteiger partial charge is 0.375 e. The van der Waals surface area contributed by atoms with Crippen molar-refractivity contribution in [1.82, 2.24) is 25.0 Å². The maximum atomic E-state index is 4.92. The minimum absolute atomic E-state index is 0. The number of nitrogens with zero attached hydrogens (tertiary/aromatic N) is 6. The van der Waals surface area contributed by atoms with Crippen molar-refractivity contribution in [2.45, 2.75) is 38.5 Å². The third-order valence-corrected chi connectivity index (χ3v) is 6.73. The summed E-state index contributed by atoms with van der Waals surface area (Å²) in [5, 5.41) is 12.0. The number of aryl methyl sites for hydroxylation is 1. The van der Waals surface area contributed by atoms with Gasteiger partial charge >= 0.3 is 0 Å². The van der Waals surface area contributed by atoms with E-state index in [1.165, 1.54) is 5.69 Å². The van der Waals surface area contributed by atoms with Crippen molar-refractivity contribution in [3.63, 3.8) is 0 Å². The molecule has 0 saturated carbocycles. The molecule has 0 amide bonds. The molecule has 1 aliphatic heterocycles. The van der Waals surface area contributed by atoms with Gasteiger partial charge in [-0.15, -0.1) is 34.2 Å². The number of anilines is 1. The number of rotatable bonds is 7. The van der Waals surface area contributed by atoms with Gasteiger partial charge in [0.15, 0.2) is 11.8 Å². The molecular weight excluding hydrogens is 521 g/mol. The minimum Gasteiger partial charge on any atom is -0.375 e. The van der Waals surface area contributed by atoms with E-state index in [4.69, 9.17) is 4.99 Å². The van der Waals surface area contributed by atoms with Crippen molar-refractivity contribution in [2.24, 2.45) is 12.0 Å². The Morgan fingerprint density at radius 2 is 2.00 bits per heavy atom. The van der Waals surface area contributed by atoms with Gasteiger partial charge in [0.05, 0.1) is 0 Å². The number of para-hydroxylation sites is 1. The predicted octanol–water partition coefficient (Wildman–Crippen LogP) is 3.54. The molecule has 1 aromatic carbocycles. The Morgan fingerprint density at radius 1 is 1.26 bits per heavy atom. The number of hydrogen-bond donors (Lipinski definition) is 1. The summed E-state index contributed by atoms with van der Waals surface area (Å²) in [7, 11) is 4.14. The van der Waals surface area contributed by atoms with Crippen LogP contribution in [-0.2, 0) is 13.6 Å². The van der Waals surface area contributed by atoms with Crippen molar-refractivity contribution in [3.05, 3.63) is 42.0 Å². The molecule has 1 fully saturated rings. The van der Waals surface area contributed by atoms with Crippen LogP contribution in [0.5, 0.6) is 0 Å². The van der Waals surface area contributed by atoms with E-state index in [0.29, 0.717) is 6.54 Å². The Kier molecular flexibility index (Phi) is 9.92. The molecule has 1 aromatic heterocycles. The van der Waals surface area contributed by atoms with Crippen LogP contribution in [0.3, 0.4) is 0 Å². The summed E-state index contributed by atoms with van der Waals surface area (Å²) in [5.41, 5.74) is 1.25. The highest BCUT2D eigenvalue weighted by Crippen LogP contribution is 2.29. The van der Waals surface area contributed by atoms with Gasteiger partial charge < -0.3 is 19.7 Å². The first-order chi connectivity index (χ1) is 14.4. The highest BCUT2D eigenvalue weighted by atomic mass is 127. The minimum atomic E-state index is 0. The topological polar surface area (TPSA) is 61.6 Å². The number of aliphatic imine (C=N–C) groups is 1. The standard InChI is InChI=1S/C22H35N7S.HI/c1-18-25-26-20(28(18)5)16-24-21(29-14-15-30-22(2,3)17-29)23-12-9-13-27(4)19-10-7-6-8-11-19;/h6-8,10-11H,9,12-17H2,1-5H3,(H,23,24);1H. The van der Waals surface area contributed by atoms with Crippen molar-refractivity contribution < 1.29 is 0 Å². The van der Waals surface area contributed by atoms with Gasteiger partial charge in [-0.25, -0.2) is 4.99 Å². The second-order valence-corrected chi connectivity index (χ2v) is 10.2. The summed E-state index contributed by atoms with van der Waals surface area (Å²) in [6.07, 6.45) is 1.04. The van der Waals surface area contributed by atoms with E-state index in [0.717, 1.165) is 56.0 Å². The van der Waals surface area contributed by atoms with Crippen LogP contribution >= 0.6 is 35.7 Å². The molecule has 0 spiro atoms. The first-order valence-electron chi connectivity index (χ1n) is 10.6. The molecule has 0 unspecified atom stereocenters. The molecule has 0 radical (unpaired) electrons. The lowest BCUT2D eigenvalue weighted by Gasteiger charge is -2.39. The summed E-state index contributed by atoms with van der Waals surface area (Å²) in [6.45, 7) is 11.0. The van der Waals surface area contributed by atoms with Crippen molar-refractivity contribution in [1.29, 1.82) is 0 Å². The zero-order chi connectivity index (χ0) is 21.6. The molecule has 1 aliphatic rings. The first kappa shape index (κ1) is 25.8. The average molecular weight is 558 g/mol. The lowest BCUT2D eigenvalue weighted by molar-refractivity contribution is 0.374. The molecule has 1 N–H and O–H groups in total. The highest BCUT2D eigenvalue weighted by molar-refractivity contribution is 14.0. The van der Waals surface area contributed by atoms with Crippen molar-refractivity contribution >= 4 is 47.4 Å². The van der Waals surface area contributed by atoms with Gasteiger partial charge in [0.2, 0.25) is 0 Å². The van der Waals surface area contributed by atoms with E-state index in [1.807, 2.05) is 30.3 Å². The fourth-order valence-corrected chi connectivity index (χ4v) is 4.64. The Bertz CT molecular complexity index is 838. The SMILES string of the molecule is Cc1nnc(CN=C(NCCCN(C)c2ccccc2)N2CCSC(C)(C)C2)n1C.I. The second-order valence-electron chi connectivity index (χ2n) is 8.43. The van der Waals surface area contributed by atoms with E-state index in [1.54, 1.807) is 0 Å². The number of hydrogen-bond acceptors (Lipinski definition) is 5. The molecule has 3 rings (SSSR count). The van der Waals surface area contributed by atoms with Crippen LogP contribution in [0.25, 0.3) is 0 Å². The molecular formula is C22H36IN7S. The number of benzene rings is 1. The summed E-state index contributed by atoms with van der Waals surface area (Å²) in [4.78, 5) is 9.60. The predicted molar refractivity (Wildman–Crippen MR) is 143 cm³/mol. The third-order valence-electron chi connectivity index (χ3n) is 5.43. The Balaban J connectivity index is 0.00000341. The average Bonchev–Trinajstić information content (AvgIpc) is 3.05. The van der Waals surface area contributed by atoms with Gasteiger partial charge in [-0.05, 0) is 39.3 Å². The molecule has 0 atom stereocenters. The molecule has 2 heterocycles. The lowest BCUT2D eigenvalue weighted by atomic mass is 10.2. The van der Waals surface area contributed by atoms with Gasteiger partial charge in [-0.2, -0.15) is 11.8 Å². The van der Waals surface area contributed by atoms with E-state index < -0.39 is 0 Å². The monoisotopic (exact) mass is 557 g/mol. The molecule has 9 heteroatoms. The summed E-state index contributed by atoms with van der Waals surface area (Å²) >= 11 is 2.03. The molecule has 172 valence electrons. The zero-order valence-corrected chi connectivity index (χ0v) is 22.5. The fourth-order valence-electron chi connectivity index (χ4n) is 3.53. The highest BCUT2D eigenvalue weighted by Gasteiger charge is 2.28. The van der Waals surface area contributed by atoms with E-state index >= 15 is 0 Å². The van der Waals surface area contributed by atoms with Crippen LogP contribution in [0.2, 0.25) is 0 Å². The maximum absolute atomic E-state index is 4.92. The second kappa shape index (κ2) is 11.9. The quantitative estimate of drug-likeness (QED) is 0.243. The number of guanidine groups is 1. The van der Waals surface area contributed by atoms with Crippen LogP contribution in [-0.4, -0.2) is 69.4 Å². The Labute approximate surface area is 208 Å². The van der Waals surface area contributed by atoms with E-state index in [9.17, 15) is 0 Å². The number of thioether (sulfide) groups is 1. The van der Waals surface area contributed by atoms with Crippen LogP contribution in [0.15, 0.2) is 35.3 Å². The molecule has 7 nitrogen and oxygen atoms in total. The van der Waals surface area contributed by atoms with Gasteiger partial charge in [0.25, 0.3) is 0 Å². The van der Waals surface area contributed by atoms with Gasteiger partial charge in [-0.1, -0.05) is 18.2 Å². The van der Waals surface area contributed by atoms with Crippen LogP contribution in [0.1, 0.15) is 31.9 Å². The van der Waals surface area contributed by atoms with Crippen molar-refractivity contribution in [3.8, 4) is 0 Å². The Morgan fingerprint density at radius 3 is 2.65 bits per heavy atom. The maximum Gasteiger partial charge on any atom is 0.194 e. The van der Waals surface area contributed by atoms with Crippen LogP contribution in [0, 0.1) is 6.92 Å². The van der Waals surface area contributed by atoms with E-state index in [2.05, 4.69) is 76.5 Å². The molecule has 0 bridgehead atoms. The van der Waals surface area contributed by atoms with Crippen molar-refractivity contribution in [2.75, 3.05) is 43.9 Å². The Hall–Kier alpha value is -1.49. The summed E-state index contributed by atoms with van der Waals surface area (Å²) in [5.74, 6) is 3.90. The van der Waals surface area contributed by atoms with Gasteiger partial charge in [0, 0.05) is 56.5 Å². The smallest absolute Gasteiger partial charge is 0.194 e. The van der Waals surface area contributed by atoms with Crippen LogP contribution < -0.4 is 10.2 Å². The zero-order valence-electron chi connectivity index (χ0n) is 19.3. The normalized spacial score (nSPS) is 16.0. The van der Waals surface area contributed by atoms with Gasteiger partial charge in [-0.3, -0.25) is 0 Å². The summed E-state index contributed by atoms with van der Waals surface area (Å²) < 4.78 is 2.24. The van der Waals surface area contributed by atoms with E-state index in [-0.39, 0.29) is 28.7 Å². The number of aromatic nitrogens is 3. The summed E-state index contributed by atoms with van der Waals surface area (Å²) in [6, 6.07) is 10.5. The third kappa shape index (κ3) is 7.55. The van der Waals surface area contributed by atoms with Gasteiger partial charge in [0.1, 0.15) is 12.4 Å². The number of halogens is 1. The van der Waals surface area contributed by atoms with Crippen LogP contribution in [0.4, 0.5) is 5.69 Å². The number of nitrogens with one attached hydrogen (secondary N) is 1. The molecule has 2 aromatic rings. The molecule has 0 aliphatic carbocycles. The molecule has 31 heavy (non-hydrogen) atoms. The first-order valence-corrected chi connectivity index (χ1v) is 11.6.